The number of para-hydroxylation sites is 1. The van der Waals surface area contributed by atoms with E-state index >= 15 is 0 Å². The number of hydrogen-bond donors (Lipinski definition) is 1. The highest BCUT2D eigenvalue weighted by Gasteiger charge is 2.34. The molecule has 0 saturated carbocycles. The molecule has 0 radical (unpaired) electrons. The van der Waals surface area contributed by atoms with E-state index in [1.807, 2.05) is 0 Å². The summed E-state index contributed by atoms with van der Waals surface area (Å²) in [5, 5.41) is 3.11. The SMILES string of the molecule is COCCN1C(=O)c2ccccc2NC1c1ccc(OC(F)F)cc1OC(F)F. The van der Waals surface area contributed by atoms with Crippen LogP contribution < -0.4 is 14.8 Å². The van der Waals surface area contributed by atoms with E-state index in [1.165, 1.54) is 24.1 Å². The molecule has 0 aromatic heterocycles. The Balaban J connectivity index is 2.04. The van der Waals surface area contributed by atoms with Crippen LogP contribution in [-0.2, 0) is 4.74 Å². The highest BCUT2D eigenvalue weighted by Crippen LogP contribution is 2.39. The van der Waals surface area contributed by atoms with Gasteiger partial charge in [-0.05, 0) is 24.3 Å². The molecule has 3 rings (SSSR count). The first-order valence-corrected chi connectivity index (χ1v) is 8.59. The number of carbonyl (C=O) groups excluding carboxylic acids is 1. The third-order valence-corrected chi connectivity index (χ3v) is 4.28. The van der Waals surface area contributed by atoms with Gasteiger partial charge in [0.15, 0.2) is 0 Å². The van der Waals surface area contributed by atoms with Crippen LogP contribution in [0.15, 0.2) is 42.5 Å². The predicted octanol–water partition coefficient (Wildman–Crippen LogP) is 4.10. The van der Waals surface area contributed by atoms with Crippen LogP contribution in [0.3, 0.4) is 0 Å². The Morgan fingerprint density at radius 3 is 2.48 bits per heavy atom. The van der Waals surface area contributed by atoms with Crippen molar-refractivity contribution in [3.8, 4) is 11.5 Å². The number of rotatable bonds is 8. The van der Waals surface area contributed by atoms with Crippen molar-refractivity contribution in [1.82, 2.24) is 4.90 Å². The summed E-state index contributed by atoms with van der Waals surface area (Å²) in [6.07, 6.45) is -0.887. The summed E-state index contributed by atoms with van der Waals surface area (Å²) in [4.78, 5) is 14.4. The molecule has 1 atom stereocenters. The molecule has 1 aliphatic rings. The van der Waals surface area contributed by atoms with Gasteiger partial charge in [0.05, 0.1) is 12.2 Å². The summed E-state index contributed by atoms with van der Waals surface area (Å²) in [5.74, 6) is -1.06. The van der Waals surface area contributed by atoms with Gasteiger partial charge in [-0.2, -0.15) is 17.6 Å². The zero-order chi connectivity index (χ0) is 21.0. The largest absolute Gasteiger partial charge is 0.435 e. The zero-order valence-electron chi connectivity index (χ0n) is 15.3. The number of methoxy groups -OCH3 is 1. The average molecular weight is 414 g/mol. The number of nitrogens with one attached hydrogen (secondary N) is 1. The molecule has 6 nitrogen and oxygen atoms in total. The van der Waals surface area contributed by atoms with Gasteiger partial charge in [0.2, 0.25) is 0 Å². The lowest BCUT2D eigenvalue weighted by molar-refractivity contribution is -0.0550. The van der Waals surface area contributed by atoms with E-state index in [1.54, 1.807) is 24.3 Å². The molecule has 2 aromatic carbocycles. The number of alkyl halides is 4. The average Bonchev–Trinajstić information content (AvgIpc) is 2.66. The van der Waals surface area contributed by atoms with E-state index in [-0.39, 0.29) is 36.1 Å². The molecule has 0 spiro atoms. The number of benzene rings is 2. The number of halogens is 4. The van der Waals surface area contributed by atoms with Crippen LogP contribution in [0.5, 0.6) is 11.5 Å². The van der Waals surface area contributed by atoms with Crippen molar-refractivity contribution < 1.29 is 36.6 Å². The number of ether oxygens (including phenoxy) is 3. The molecule has 0 aliphatic carbocycles. The molecular formula is C19H18F4N2O4. The van der Waals surface area contributed by atoms with E-state index in [0.29, 0.717) is 11.3 Å². The molecule has 0 saturated heterocycles. The molecule has 1 N–H and O–H groups in total. The van der Waals surface area contributed by atoms with Gasteiger partial charge < -0.3 is 24.4 Å². The summed E-state index contributed by atoms with van der Waals surface area (Å²) in [6.45, 7) is -5.97. The summed E-state index contributed by atoms with van der Waals surface area (Å²) in [6, 6.07) is 10.2. The number of fused-ring (bicyclic) bond motifs is 1. The molecule has 0 fully saturated rings. The minimum absolute atomic E-state index is 0.157. The van der Waals surface area contributed by atoms with E-state index in [9.17, 15) is 22.4 Å². The lowest BCUT2D eigenvalue weighted by Crippen LogP contribution is -2.44. The Morgan fingerprint density at radius 2 is 1.79 bits per heavy atom. The second-order valence-electron chi connectivity index (χ2n) is 6.04. The Kier molecular flexibility index (Phi) is 6.42. The fourth-order valence-corrected chi connectivity index (χ4v) is 3.07. The fraction of sp³-hybridized carbons (Fsp3) is 0.316. The second-order valence-corrected chi connectivity index (χ2v) is 6.04. The van der Waals surface area contributed by atoms with Crippen LogP contribution in [0.2, 0.25) is 0 Å². The van der Waals surface area contributed by atoms with Crippen LogP contribution in [0.4, 0.5) is 23.2 Å². The van der Waals surface area contributed by atoms with Crippen LogP contribution in [-0.4, -0.2) is 44.3 Å². The molecule has 1 heterocycles. The van der Waals surface area contributed by atoms with Crippen molar-refractivity contribution in [3.05, 3.63) is 53.6 Å². The van der Waals surface area contributed by atoms with Crippen LogP contribution in [0.1, 0.15) is 22.1 Å². The standard InChI is InChI=1S/C19H18F4N2O4/c1-27-9-8-25-16(24-14-5-3-2-4-12(14)17(25)26)13-7-6-11(28-18(20)21)10-15(13)29-19(22)23/h2-7,10,16,18-19,24H,8-9H2,1H3. The highest BCUT2D eigenvalue weighted by atomic mass is 19.3. The van der Waals surface area contributed by atoms with Crippen LogP contribution in [0.25, 0.3) is 0 Å². The molecular weight excluding hydrogens is 396 g/mol. The van der Waals surface area contributed by atoms with Gasteiger partial charge in [-0.25, -0.2) is 0 Å². The summed E-state index contributed by atoms with van der Waals surface area (Å²) in [5.41, 5.74) is 1.08. The Hall–Kier alpha value is -3.01. The minimum atomic E-state index is -3.20. The van der Waals surface area contributed by atoms with Crippen molar-refractivity contribution in [2.75, 3.05) is 25.6 Å². The number of nitrogens with zero attached hydrogens (tertiary/aromatic N) is 1. The maximum atomic E-state index is 13.0. The molecule has 0 bridgehead atoms. The Labute approximate surface area is 164 Å². The third-order valence-electron chi connectivity index (χ3n) is 4.28. The van der Waals surface area contributed by atoms with Gasteiger partial charge in [0, 0.05) is 31.0 Å². The van der Waals surface area contributed by atoms with Gasteiger partial charge in [0.1, 0.15) is 17.7 Å². The zero-order valence-corrected chi connectivity index (χ0v) is 15.3. The Morgan fingerprint density at radius 1 is 1.07 bits per heavy atom. The molecule has 156 valence electrons. The minimum Gasteiger partial charge on any atom is -0.435 e. The molecule has 1 aliphatic heterocycles. The lowest BCUT2D eigenvalue weighted by atomic mass is 10.0. The predicted molar refractivity (Wildman–Crippen MR) is 95.4 cm³/mol. The Bertz CT molecular complexity index is 866. The third kappa shape index (κ3) is 4.70. The monoisotopic (exact) mass is 414 g/mol. The van der Waals surface area contributed by atoms with E-state index in [0.717, 1.165) is 6.07 Å². The topological polar surface area (TPSA) is 60.0 Å². The van der Waals surface area contributed by atoms with E-state index in [4.69, 9.17) is 4.74 Å². The van der Waals surface area contributed by atoms with Gasteiger partial charge in [-0.3, -0.25) is 4.79 Å². The second kappa shape index (κ2) is 8.99. The highest BCUT2D eigenvalue weighted by molar-refractivity contribution is 6.01. The van der Waals surface area contributed by atoms with E-state index < -0.39 is 19.4 Å². The van der Waals surface area contributed by atoms with Gasteiger partial charge in [-0.15, -0.1) is 0 Å². The van der Waals surface area contributed by atoms with Crippen molar-refractivity contribution in [2.24, 2.45) is 0 Å². The van der Waals surface area contributed by atoms with Crippen LogP contribution >= 0.6 is 0 Å². The van der Waals surface area contributed by atoms with Gasteiger partial charge >= 0.3 is 13.2 Å². The van der Waals surface area contributed by atoms with Crippen molar-refractivity contribution in [1.29, 1.82) is 0 Å². The molecule has 1 amide bonds. The van der Waals surface area contributed by atoms with Gasteiger partial charge in [-0.1, -0.05) is 12.1 Å². The maximum Gasteiger partial charge on any atom is 0.387 e. The maximum absolute atomic E-state index is 13.0. The number of anilines is 1. The summed E-state index contributed by atoms with van der Waals surface area (Å²) in [7, 11) is 1.46. The number of amides is 1. The van der Waals surface area contributed by atoms with Gasteiger partial charge in [0.25, 0.3) is 5.91 Å². The van der Waals surface area contributed by atoms with E-state index in [2.05, 4.69) is 14.8 Å². The first-order chi connectivity index (χ1) is 13.9. The quantitative estimate of drug-likeness (QED) is 0.659. The first kappa shape index (κ1) is 20.7. The molecule has 2 aromatic rings. The fourth-order valence-electron chi connectivity index (χ4n) is 3.07. The number of hydrogen-bond acceptors (Lipinski definition) is 5. The van der Waals surface area contributed by atoms with Crippen molar-refractivity contribution in [3.63, 3.8) is 0 Å². The van der Waals surface area contributed by atoms with Crippen molar-refractivity contribution >= 4 is 11.6 Å². The number of carbonyl (C=O) groups is 1. The summed E-state index contributed by atoms with van der Waals surface area (Å²) >= 11 is 0. The summed E-state index contributed by atoms with van der Waals surface area (Å²) < 4.78 is 64.7. The van der Waals surface area contributed by atoms with Crippen molar-refractivity contribution in [2.45, 2.75) is 19.4 Å². The molecule has 29 heavy (non-hydrogen) atoms. The molecule has 1 unspecified atom stereocenters. The molecule has 10 heteroatoms. The normalized spacial score (nSPS) is 16.0. The lowest BCUT2D eigenvalue weighted by Gasteiger charge is -2.38. The smallest absolute Gasteiger partial charge is 0.387 e. The first-order valence-electron chi connectivity index (χ1n) is 8.59. The van der Waals surface area contributed by atoms with Crippen LogP contribution in [0, 0.1) is 0 Å².